The lowest BCUT2D eigenvalue weighted by Gasteiger charge is -2.14. The van der Waals surface area contributed by atoms with E-state index >= 15 is 0 Å². The second kappa shape index (κ2) is 7.49. The third kappa shape index (κ3) is 3.36. The number of aromatic hydroxyl groups is 1. The molecule has 0 amide bonds. The largest absolute Gasteiger partial charge is 0.504 e. The highest BCUT2D eigenvalue weighted by atomic mass is 16.5. The van der Waals surface area contributed by atoms with Gasteiger partial charge in [-0.2, -0.15) is 5.10 Å². The maximum Gasteiger partial charge on any atom is 0.203 e. The zero-order valence-electron chi connectivity index (χ0n) is 15.9. The van der Waals surface area contributed by atoms with Gasteiger partial charge in [-0.05, 0) is 29.8 Å². The van der Waals surface area contributed by atoms with Crippen molar-refractivity contribution in [1.82, 2.24) is 9.78 Å². The maximum atomic E-state index is 10.1. The summed E-state index contributed by atoms with van der Waals surface area (Å²) in [7, 11) is 8.06. The van der Waals surface area contributed by atoms with Gasteiger partial charge in [0.2, 0.25) is 5.75 Å². The topological polar surface area (TPSA) is 75.0 Å². The molecule has 1 heterocycles. The van der Waals surface area contributed by atoms with Crippen LogP contribution >= 0.6 is 0 Å². The molecule has 0 atom stereocenters. The Bertz CT molecular complexity index is 940. The summed E-state index contributed by atoms with van der Waals surface area (Å²) in [5.74, 6) is 2.08. The monoisotopic (exact) mass is 370 g/mol. The fourth-order valence-corrected chi connectivity index (χ4v) is 2.99. The molecule has 1 N–H and O–H groups in total. The fraction of sp³-hybridized carbons (Fsp3) is 0.250. The van der Waals surface area contributed by atoms with Crippen LogP contribution in [0.15, 0.2) is 36.5 Å². The molecule has 0 aliphatic carbocycles. The van der Waals surface area contributed by atoms with Crippen molar-refractivity contribution < 1.29 is 24.1 Å². The zero-order valence-corrected chi connectivity index (χ0v) is 15.9. The second-order valence-electron chi connectivity index (χ2n) is 5.87. The number of aromatic nitrogens is 2. The standard InChI is InChI=1S/C20H22N2O5/c1-22-11-14(12-6-7-16(24-2)15(23)8-12)19(21-22)13-9-17(25-3)20(27-5)18(10-13)26-4/h6-11,23H,1-5H3. The van der Waals surface area contributed by atoms with E-state index in [1.165, 1.54) is 7.11 Å². The van der Waals surface area contributed by atoms with Crippen LogP contribution in [-0.4, -0.2) is 43.3 Å². The molecule has 0 saturated carbocycles. The minimum absolute atomic E-state index is 0.0645. The molecule has 7 nitrogen and oxygen atoms in total. The van der Waals surface area contributed by atoms with Gasteiger partial charge in [0, 0.05) is 24.4 Å². The number of phenols is 1. The van der Waals surface area contributed by atoms with Crippen molar-refractivity contribution in [3.05, 3.63) is 36.5 Å². The summed E-state index contributed by atoms with van der Waals surface area (Å²) >= 11 is 0. The van der Waals surface area contributed by atoms with E-state index in [0.29, 0.717) is 23.0 Å². The van der Waals surface area contributed by atoms with E-state index in [4.69, 9.17) is 18.9 Å². The quantitative estimate of drug-likeness (QED) is 0.716. The van der Waals surface area contributed by atoms with Crippen LogP contribution < -0.4 is 18.9 Å². The number of phenolic OH excluding ortho intramolecular Hbond substituents is 1. The lowest BCUT2D eigenvalue weighted by molar-refractivity contribution is 0.324. The molecule has 3 aromatic rings. The molecule has 2 aromatic carbocycles. The van der Waals surface area contributed by atoms with Crippen molar-refractivity contribution in [2.24, 2.45) is 7.05 Å². The zero-order chi connectivity index (χ0) is 19.6. The number of aryl methyl sites for hydroxylation is 1. The molecule has 27 heavy (non-hydrogen) atoms. The number of nitrogens with zero attached hydrogens (tertiary/aromatic N) is 2. The van der Waals surface area contributed by atoms with Crippen molar-refractivity contribution in [3.63, 3.8) is 0 Å². The SMILES string of the molecule is COc1ccc(-c2cn(C)nc2-c2cc(OC)c(OC)c(OC)c2)cc1O. The van der Waals surface area contributed by atoms with Crippen LogP contribution in [0.3, 0.4) is 0 Å². The van der Waals surface area contributed by atoms with Gasteiger partial charge in [-0.15, -0.1) is 0 Å². The van der Waals surface area contributed by atoms with E-state index in [-0.39, 0.29) is 5.75 Å². The highest BCUT2D eigenvalue weighted by Gasteiger charge is 2.19. The van der Waals surface area contributed by atoms with Crippen LogP contribution in [0.1, 0.15) is 0 Å². The third-order valence-corrected chi connectivity index (χ3v) is 4.26. The Balaban J connectivity index is 2.18. The number of benzene rings is 2. The summed E-state index contributed by atoms with van der Waals surface area (Å²) in [4.78, 5) is 0. The van der Waals surface area contributed by atoms with Gasteiger partial charge in [0.1, 0.15) is 5.69 Å². The number of hydrogen-bond donors (Lipinski definition) is 1. The summed E-state index contributed by atoms with van der Waals surface area (Å²) in [6, 6.07) is 8.93. The molecule has 0 aliphatic rings. The summed E-state index contributed by atoms with van der Waals surface area (Å²) in [6.45, 7) is 0. The Morgan fingerprint density at radius 3 is 1.96 bits per heavy atom. The van der Waals surface area contributed by atoms with Crippen LogP contribution in [0.2, 0.25) is 0 Å². The molecule has 0 unspecified atom stereocenters. The lowest BCUT2D eigenvalue weighted by atomic mass is 10.0. The first-order valence-electron chi connectivity index (χ1n) is 8.23. The molecule has 0 bridgehead atoms. The van der Waals surface area contributed by atoms with E-state index in [0.717, 1.165) is 22.4 Å². The second-order valence-corrected chi connectivity index (χ2v) is 5.87. The number of ether oxygens (including phenoxy) is 4. The van der Waals surface area contributed by atoms with Crippen molar-refractivity contribution in [3.8, 4) is 51.1 Å². The Morgan fingerprint density at radius 1 is 0.815 bits per heavy atom. The van der Waals surface area contributed by atoms with E-state index in [2.05, 4.69) is 5.10 Å². The highest BCUT2D eigenvalue weighted by molar-refractivity contribution is 5.83. The number of hydrogen-bond acceptors (Lipinski definition) is 6. The third-order valence-electron chi connectivity index (χ3n) is 4.26. The van der Waals surface area contributed by atoms with Gasteiger partial charge in [-0.25, -0.2) is 0 Å². The van der Waals surface area contributed by atoms with Gasteiger partial charge in [-0.1, -0.05) is 6.07 Å². The van der Waals surface area contributed by atoms with E-state index in [9.17, 15) is 5.11 Å². The predicted molar refractivity (Wildman–Crippen MR) is 102 cm³/mol. The molecule has 3 rings (SSSR count). The minimum Gasteiger partial charge on any atom is -0.504 e. The normalized spacial score (nSPS) is 10.6. The van der Waals surface area contributed by atoms with Gasteiger partial charge < -0.3 is 24.1 Å². The van der Waals surface area contributed by atoms with Crippen LogP contribution in [0.25, 0.3) is 22.4 Å². The maximum absolute atomic E-state index is 10.1. The number of methoxy groups -OCH3 is 4. The Labute approximate surface area is 157 Å². The van der Waals surface area contributed by atoms with Crippen LogP contribution in [0.5, 0.6) is 28.7 Å². The Morgan fingerprint density at radius 2 is 1.44 bits per heavy atom. The molecule has 0 saturated heterocycles. The van der Waals surface area contributed by atoms with E-state index in [1.54, 1.807) is 38.1 Å². The Kier molecular flexibility index (Phi) is 5.12. The van der Waals surface area contributed by atoms with Gasteiger partial charge >= 0.3 is 0 Å². The molecule has 1 aromatic heterocycles. The molecule has 0 radical (unpaired) electrons. The molecule has 0 spiro atoms. The van der Waals surface area contributed by atoms with Gasteiger partial charge in [0.25, 0.3) is 0 Å². The van der Waals surface area contributed by atoms with Gasteiger partial charge in [0.15, 0.2) is 23.0 Å². The first kappa shape index (κ1) is 18.4. The van der Waals surface area contributed by atoms with E-state index < -0.39 is 0 Å². The van der Waals surface area contributed by atoms with Crippen molar-refractivity contribution >= 4 is 0 Å². The summed E-state index contributed by atoms with van der Waals surface area (Å²) in [5.41, 5.74) is 3.19. The molecule has 142 valence electrons. The average molecular weight is 370 g/mol. The van der Waals surface area contributed by atoms with Crippen molar-refractivity contribution in [2.75, 3.05) is 28.4 Å². The fourth-order valence-electron chi connectivity index (χ4n) is 2.99. The van der Waals surface area contributed by atoms with Gasteiger partial charge in [0.05, 0.1) is 28.4 Å². The van der Waals surface area contributed by atoms with Gasteiger partial charge in [-0.3, -0.25) is 4.68 Å². The first-order valence-corrected chi connectivity index (χ1v) is 8.23. The Hall–Kier alpha value is -3.35. The molecule has 0 aliphatic heterocycles. The van der Waals surface area contributed by atoms with Crippen LogP contribution in [0, 0.1) is 0 Å². The van der Waals surface area contributed by atoms with E-state index in [1.807, 2.05) is 31.4 Å². The predicted octanol–water partition coefficient (Wildman–Crippen LogP) is 3.49. The van der Waals surface area contributed by atoms with Crippen molar-refractivity contribution in [1.29, 1.82) is 0 Å². The van der Waals surface area contributed by atoms with Crippen LogP contribution in [0.4, 0.5) is 0 Å². The molecular formula is C20H22N2O5. The highest BCUT2D eigenvalue weighted by Crippen LogP contribution is 2.43. The van der Waals surface area contributed by atoms with Crippen molar-refractivity contribution in [2.45, 2.75) is 0 Å². The summed E-state index contributed by atoms with van der Waals surface area (Å²) in [5, 5.41) is 14.7. The average Bonchev–Trinajstić information content (AvgIpc) is 3.08. The summed E-state index contributed by atoms with van der Waals surface area (Å²) < 4.78 is 23.1. The molecular weight excluding hydrogens is 348 g/mol. The summed E-state index contributed by atoms with van der Waals surface area (Å²) in [6.07, 6.45) is 1.89. The van der Waals surface area contributed by atoms with Crippen LogP contribution in [-0.2, 0) is 7.05 Å². The first-order chi connectivity index (χ1) is 13.0. The lowest BCUT2D eigenvalue weighted by Crippen LogP contribution is -1.96. The number of rotatable bonds is 6. The minimum atomic E-state index is 0.0645. The molecule has 0 fully saturated rings. The molecule has 7 heteroatoms. The smallest absolute Gasteiger partial charge is 0.203 e.